The minimum Gasteiger partial charge on any atom is -0.454 e. The minimum absolute atomic E-state index is 0.142. The summed E-state index contributed by atoms with van der Waals surface area (Å²) in [4.78, 5) is 25.6. The summed E-state index contributed by atoms with van der Waals surface area (Å²) in [5.74, 6) is 0.783. The third-order valence-electron chi connectivity index (χ3n) is 3.17. The molecule has 2 aliphatic heterocycles. The Morgan fingerprint density at radius 2 is 2.09 bits per heavy atom. The maximum absolute atomic E-state index is 12.2. The third kappa shape index (κ3) is 2.79. The van der Waals surface area contributed by atoms with E-state index in [0.29, 0.717) is 33.6 Å². The lowest BCUT2D eigenvalue weighted by atomic mass is 10.2. The van der Waals surface area contributed by atoms with Gasteiger partial charge in [-0.3, -0.25) is 14.5 Å². The molecule has 2 amide bonds. The molecule has 6 nitrogen and oxygen atoms in total. The fraction of sp³-hybridized carbons (Fsp3) is 0.286. The van der Waals surface area contributed by atoms with E-state index in [1.54, 1.807) is 18.2 Å². The van der Waals surface area contributed by atoms with Gasteiger partial charge in [-0.2, -0.15) is 0 Å². The van der Waals surface area contributed by atoms with Crippen molar-refractivity contribution in [3.63, 3.8) is 0 Å². The molecule has 0 N–H and O–H groups in total. The number of methoxy groups -OCH3 is 1. The van der Waals surface area contributed by atoms with Crippen molar-refractivity contribution in [3.8, 4) is 11.5 Å². The number of hydrogen-bond donors (Lipinski definition) is 0. The summed E-state index contributed by atoms with van der Waals surface area (Å²) in [6.07, 6.45) is 1.59. The highest BCUT2D eigenvalue weighted by Crippen LogP contribution is 2.39. The molecule has 2 heterocycles. The van der Waals surface area contributed by atoms with Crippen molar-refractivity contribution in [3.05, 3.63) is 27.6 Å². The van der Waals surface area contributed by atoms with E-state index in [9.17, 15) is 9.59 Å². The number of carbonyl (C=O) groups excluding carboxylic acids is 2. The predicted octanol–water partition coefficient (Wildman–Crippen LogP) is 2.75. The van der Waals surface area contributed by atoms with Gasteiger partial charge in [0.25, 0.3) is 11.1 Å². The predicted molar refractivity (Wildman–Crippen MR) is 82.1 cm³/mol. The summed E-state index contributed by atoms with van der Waals surface area (Å²) in [7, 11) is 1.52. The topological polar surface area (TPSA) is 65.1 Å². The number of halogens is 1. The molecule has 0 aromatic heterocycles. The van der Waals surface area contributed by atoms with Crippen LogP contribution in [0.4, 0.5) is 4.79 Å². The van der Waals surface area contributed by atoms with Gasteiger partial charge in [0.05, 0.1) is 23.1 Å². The first-order valence-electron chi connectivity index (χ1n) is 6.43. The number of benzene rings is 1. The maximum Gasteiger partial charge on any atom is 0.293 e. The number of imide groups is 1. The molecule has 0 spiro atoms. The highest BCUT2D eigenvalue weighted by molar-refractivity contribution is 8.18. The van der Waals surface area contributed by atoms with Gasteiger partial charge < -0.3 is 14.2 Å². The zero-order chi connectivity index (χ0) is 15.7. The van der Waals surface area contributed by atoms with E-state index in [0.717, 1.165) is 16.7 Å². The van der Waals surface area contributed by atoms with E-state index in [4.69, 9.17) is 25.8 Å². The summed E-state index contributed by atoms with van der Waals surface area (Å²) in [5, 5.41) is 0.109. The number of hydrogen-bond acceptors (Lipinski definition) is 6. The van der Waals surface area contributed by atoms with Crippen LogP contribution in [0.15, 0.2) is 17.0 Å². The van der Waals surface area contributed by atoms with Crippen LogP contribution in [0.5, 0.6) is 11.5 Å². The molecule has 22 heavy (non-hydrogen) atoms. The Balaban J connectivity index is 1.87. The smallest absolute Gasteiger partial charge is 0.293 e. The fourth-order valence-corrected chi connectivity index (χ4v) is 3.12. The lowest BCUT2D eigenvalue weighted by molar-refractivity contribution is -0.123. The molecule has 0 unspecified atom stereocenters. The number of thioether (sulfide) groups is 1. The van der Waals surface area contributed by atoms with Crippen molar-refractivity contribution in [2.45, 2.75) is 0 Å². The van der Waals surface area contributed by atoms with Crippen LogP contribution in [0.25, 0.3) is 6.08 Å². The summed E-state index contributed by atoms with van der Waals surface area (Å²) >= 11 is 7.05. The first-order chi connectivity index (χ1) is 10.6. The normalized spacial score (nSPS) is 18.6. The molecule has 0 radical (unpaired) electrons. The van der Waals surface area contributed by atoms with Crippen molar-refractivity contribution < 1.29 is 23.8 Å². The molecule has 2 aliphatic rings. The second kappa shape index (κ2) is 6.20. The van der Waals surface area contributed by atoms with E-state index < -0.39 is 0 Å². The second-order valence-corrected chi connectivity index (χ2v) is 5.95. The first-order valence-corrected chi connectivity index (χ1v) is 7.63. The molecular formula is C14H12ClNO5S. The molecule has 8 heteroatoms. The number of rotatable bonds is 4. The van der Waals surface area contributed by atoms with Gasteiger partial charge in [0.1, 0.15) is 0 Å². The summed E-state index contributed by atoms with van der Waals surface area (Å²) in [5.41, 5.74) is 0.600. The van der Waals surface area contributed by atoms with Crippen LogP contribution in [0.3, 0.4) is 0 Å². The molecule has 3 rings (SSSR count). The third-order valence-corrected chi connectivity index (χ3v) is 4.41. The van der Waals surface area contributed by atoms with Crippen LogP contribution in [0.1, 0.15) is 5.56 Å². The van der Waals surface area contributed by atoms with Gasteiger partial charge >= 0.3 is 0 Å². The molecule has 1 aromatic carbocycles. The minimum atomic E-state index is -0.346. The van der Waals surface area contributed by atoms with Crippen molar-refractivity contribution >= 4 is 40.6 Å². The van der Waals surface area contributed by atoms with Crippen LogP contribution in [-0.2, 0) is 9.53 Å². The summed E-state index contributed by atoms with van der Waals surface area (Å²) in [6, 6.07) is 3.32. The van der Waals surface area contributed by atoms with E-state index >= 15 is 0 Å². The van der Waals surface area contributed by atoms with Crippen LogP contribution in [0, 0.1) is 0 Å². The van der Waals surface area contributed by atoms with Crippen LogP contribution in [0.2, 0.25) is 5.02 Å². The molecule has 1 saturated heterocycles. The zero-order valence-electron chi connectivity index (χ0n) is 11.6. The van der Waals surface area contributed by atoms with Gasteiger partial charge in [-0.05, 0) is 29.5 Å². The molecule has 0 atom stereocenters. The Kier molecular flexibility index (Phi) is 4.28. The van der Waals surface area contributed by atoms with Gasteiger partial charge in [-0.1, -0.05) is 11.6 Å². The van der Waals surface area contributed by atoms with Crippen molar-refractivity contribution in [2.24, 2.45) is 0 Å². The van der Waals surface area contributed by atoms with Gasteiger partial charge in [-0.25, -0.2) is 0 Å². The van der Waals surface area contributed by atoms with Crippen LogP contribution >= 0.6 is 23.4 Å². The Morgan fingerprint density at radius 1 is 1.36 bits per heavy atom. The molecule has 0 bridgehead atoms. The number of ether oxygens (including phenoxy) is 3. The molecular weight excluding hydrogens is 330 g/mol. The van der Waals surface area contributed by atoms with E-state index in [-0.39, 0.29) is 24.5 Å². The van der Waals surface area contributed by atoms with E-state index in [1.165, 1.54) is 7.11 Å². The maximum atomic E-state index is 12.2. The van der Waals surface area contributed by atoms with Gasteiger partial charge in [-0.15, -0.1) is 0 Å². The van der Waals surface area contributed by atoms with Crippen molar-refractivity contribution in [2.75, 3.05) is 27.1 Å². The van der Waals surface area contributed by atoms with Crippen molar-refractivity contribution in [1.29, 1.82) is 0 Å². The Morgan fingerprint density at radius 3 is 2.82 bits per heavy atom. The Hall–Kier alpha value is -1.70. The molecule has 0 aliphatic carbocycles. The van der Waals surface area contributed by atoms with Gasteiger partial charge in [0.15, 0.2) is 11.5 Å². The van der Waals surface area contributed by atoms with Crippen LogP contribution < -0.4 is 9.47 Å². The van der Waals surface area contributed by atoms with Crippen LogP contribution in [-0.4, -0.2) is 43.1 Å². The molecule has 1 fully saturated rings. The Labute approximate surface area is 135 Å². The summed E-state index contributed by atoms with van der Waals surface area (Å²) in [6.45, 7) is 0.673. The average Bonchev–Trinajstić information content (AvgIpc) is 3.03. The van der Waals surface area contributed by atoms with Gasteiger partial charge in [0.2, 0.25) is 6.79 Å². The second-order valence-electron chi connectivity index (χ2n) is 4.55. The van der Waals surface area contributed by atoms with Crippen molar-refractivity contribution in [1.82, 2.24) is 4.90 Å². The number of nitrogens with zero attached hydrogens (tertiary/aromatic N) is 1. The standard InChI is InChI=1S/C14H12ClNO5S/c1-19-3-2-16-13(17)12(22-14(16)18)5-8-4-10-11(6-9(8)15)21-7-20-10/h4-6H,2-3,7H2,1H3/b12-5+. The number of fused-ring (bicyclic) bond motifs is 1. The SMILES string of the molecule is COCCN1C(=O)S/C(=C/c2cc3c(cc2Cl)OCO3)C1=O. The molecule has 116 valence electrons. The van der Waals surface area contributed by atoms with E-state index in [2.05, 4.69) is 0 Å². The zero-order valence-corrected chi connectivity index (χ0v) is 13.2. The highest BCUT2D eigenvalue weighted by atomic mass is 35.5. The number of carbonyl (C=O) groups is 2. The van der Waals surface area contributed by atoms with E-state index in [1.807, 2.05) is 0 Å². The molecule has 0 saturated carbocycles. The highest BCUT2D eigenvalue weighted by Gasteiger charge is 2.34. The monoisotopic (exact) mass is 341 g/mol. The number of amides is 2. The lowest BCUT2D eigenvalue weighted by Crippen LogP contribution is -2.31. The molecule has 1 aromatic rings. The average molecular weight is 342 g/mol. The first kappa shape index (κ1) is 15.2. The lowest BCUT2D eigenvalue weighted by Gasteiger charge is -2.10. The largest absolute Gasteiger partial charge is 0.454 e. The quantitative estimate of drug-likeness (QED) is 0.785. The summed E-state index contributed by atoms with van der Waals surface area (Å²) < 4.78 is 15.4. The Bertz CT molecular complexity index is 675. The van der Waals surface area contributed by atoms with Gasteiger partial charge in [0, 0.05) is 13.2 Å². The fourth-order valence-electron chi connectivity index (χ4n) is 2.06.